The SMILES string of the molecule is COc1ccc(CCNC(=O)CSCC(N)C(=O)O)cc1. The van der Waals surface area contributed by atoms with Crippen molar-refractivity contribution < 1.29 is 19.4 Å². The average Bonchev–Trinajstić information content (AvgIpc) is 2.47. The molecule has 1 aromatic rings. The van der Waals surface area contributed by atoms with Gasteiger partial charge in [-0.05, 0) is 24.1 Å². The minimum Gasteiger partial charge on any atom is -0.497 e. The number of carbonyl (C=O) groups excluding carboxylic acids is 1. The van der Waals surface area contributed by atoms with E-state index in [1.165, 1.54) is 11.8 Å². The first-order chi connectivity index (χ1) is 10.0. The Bertz CT molecular complexity index is 465. The molecule has 0 fully saturated rings. The van der Waals surface area contributed by atoms with E-state index in [9.17, 15) is 9.59 Å². The van der Waals surface area contributed by atoms with Crippen LogP contribution in [0.25, 0.3) is 0 Å². The molecule has 0 aliphatic rings. The van der Waals surface area contributed by atoms with Crippen LogP contribution in [0.3, 0.4) is 0 Å². The number of amides is 1. The summed E-state index contributed by atoms with van der Waals surface area (Å²) in [7, 11) is 1.61. The first kappa shape index (κ1) is 17.3. The molecule has 0 aliphatic heterocycles. The van der Waals surface area contributed by atoms with E-state index in [0.29, 0.717) is 6.54 Å². The summed E-state index contributed by atoms with van der Waals surface area (Å²) in [6.45, 7) is 0.538. The Hall–Kier alpha value is -1.73. The van der Waals surface area contributed by atoms with Crippen molar-refractivity contribution >= 4 is 23.6 Å². The van der Waals surface area contributed by atoms with Gasteiger partial charge in [-0.3, -0.25) is 9.59 Å². The molecule has 116 valence electrons. The van der Waals surface area contributed by atoms with Crippen LogP contribution in [0.5, 0.6) is 5.75 Å². The molecule has 0 spiro atoms. The molecule has 0 aliphatic carbocycles. The predicted octanol–water partition coefficient (Wildman–Crippen LogP) is 0.499. The highest BCUT2D eigenvalue weighted by molar-refractivity contribution is 8.00. The largest absolute Gasteiger partial charge is 0.497 e. The number of carboxylic acids is 1. The number of nitrogens with one attached hydrogen (secondary N) is 1. The number of carbonyl (C=O) groups is 2. The molecule has 1 unspecified atom stereocenters. The highest BCUT2D eigenvalue weighted by Crippen LogP contribution is 2.11. The second kappa shape index (κ2) is 9.25. The second-order valence-corrected chi connectivity index (χ2v) is 5.44. The summed E-state index contributed by atoms with van der Waals surface area (Å²) in [4.78, 5) is 22.0. The van der Waals surface area contributed by atoms with E-state index in [1.54, 1.807) is 7.11 Å². The number of hydrogen-bond donors (Lipinski definition) is 3. The number of aliphatic carboxylic acids is 1. The average molecular weight is 312 g/mol. The molecule has 0 bridgehead atoms. The van der Waals surface area contributed by atoms with Gasteiger partial charge in [0.2, 0.25) is 5.91 Å². The maximum Gasteiger partial charge on any atom is 0.321 e. The summed E-state index contributed by atoms with van der Waals surface area (Å²) >= 11 is 1.21. The number of thioether (sulfide) groups is 1. The zero-order valence-corrected chi connectivity index (χ0v) is 12.7. The third-order valence-electron chi connectivity index (χ3n) is 2.74. The van der Waals surface area contributed by atoms with Crippen molar-refractivity contribution in [1.82, 2.24) is 5.32 Å². The van der Waals surface area contributed by atoms with E-state index in [0.717, 1.165) is 17.7 Å². The van der Waals surface area contributed by atoms with Gasteiger partial charge in [0.05, 0.1) is 12.9 Å². The first-order valence-corrected chi connectivity index (χ1v) is 7.64. The Morgan fingerprint density at radius 3 is 2.62 bits per heavy atom. The fraction of sp³-hybridized carbons (Fsp3) is 0.429. The van der Waals surface area contributed by atoms with Crippen LogP contribution < -0.4 is 15.8 Å². The first-order valence-electron chi connectivity index (χ1n) is 6.48. The van der Waals surface area contributed by atoms with Gasteiger partial charge in [-0.2, -0.15) is 0 Å². The van der Waals surface area contributed by atoms with E-state index in [-0.39, 0.29) is 17.4 Å². The normalized spacial score (nSPS) is 11.7. The highest BCUT2D eigenvalue weighted by atomic mass is 32.2. The number of methoxy groups -OCH3 is 1. The molecular formula is C14H20N2O4S. The number of rotatable bonds is 9. The second-order valence-electron chi connectivity index (χ2n) is 4.41. The summed E-state index contributed by atoms with van der Waals surface area (Å²) < 4.78 is 5.07. The van der Waals surface area contributed by atoms with Crippen molar-refractivity contribution in [2.75, 3.05) is 25.2 Å². The minimum absolute atomic E-state index is 0.119. The lowest BCUT2D eigenvalue weighted by molar-refractivity contribution is -0.138. The molecular weight excluding hydrogens is 292 g/mol. The van der Waals surface area contributed by atoms with E-state index >= 15 is 0 Å². The molecule has 1 aromatic carbocycles. The van der Waals surface area contributed by atoms with Crippen molar-refractivity contribution in [2.24, 2.45) is 5.73 Å². The summed E-state index contributed by atoms with van der Waals surface area (Å²) in [6.07, 6.45) is 0.731. The van der Waals surface area contributed by atoms with Gasteiger partial charge in [0.25, 0.3) is 0 Å². The molecule has 0 aromatic heterocycles. The lowest BCUT2D eigenvalue weighted by Gasteiger charge is -2.07. The Kier molecular flexibility index (Phi) is 7.63. The summed E-state index contributed by atoms with van der Waals surface area (Å²) in [5.74, 6) is 0.0626. The molecule has 7 heteroatoms. The highest BCUT2D eigenvalue weighted by Gasteiger charge is 2.11. The molecule has 1 amide bonds. The lowest BCUT2D eigenvalue weighted by atomic mass is 10.1. The van der Waals surface area contributed by atoms with Gasteiger partial charge < -0.3 is 20.9 Å². The van der Waals surface area contributed by atoms with E-state index in [2.05, 4.69) is 5.32 Å². The summed E-state index contributed by atoms with van der Waals surface area (Å²) in [5.41, 5.74) is 6.45. The van der Waals surface area contributed by atoms with Gasteiger partial charge in [-0.1, -0.05) is 12.1 Å². The smallest absolute Gasteiger partial charge is 0.321 e. The third-order valence-corrected chi connectivity index (χ3v) is 3.80. The van der Waals surface area contributed by atoms with Gasteiger partial charge in [-0.25, -0.2) is 0 Å². The number of nitrogens with two attached hydrogens (primary N) is 1. The molecule has 0 radical (unpaired) electrons. The third kappa shape index (κ3) is 7.01. The van der Waals surface area contributed by atoms with Gasteiger partial charge in [-0.15, -0.1) is 11.8 Å². The van der Waals surface area contributed by atoms with Crippen LogP contribution in [0.4, 0.5) is 0 Å². The Morgan fingerprint density at radius 2 is 2.05 bits per heavy atom. The van der Waals surface area contributed by atoms with Crippen LogP contribution in [0.15, 0.2) is 24.3 Å². The van der Waals surface area contributed by atoms with Crippen molar-refractivity contribution in [3.63, 3.8) is 0 Å². The standard InChI is InChI=1S/C14H20N2O4S/c1-20-11-4-2-10(3-5-11)6-7-16-13(17)9-21-8-12(15)14(18)19/h2-5,12H,6-9,15H2,1H3,(H,16,17)(H,18,19). The summed E-state index contributed by atoms with van der Waals surface area (Å²) in [5, 5.41) is 11.4. The van der Waals surface area contributed by atoms with Gasteiger partial charge >= 0.3 is 5.97 Å². The zero-order chi connectivity index (χ0) is 15.7. The number of carboxylic acid groups (broad SMARTS) is 1. The van der Waals surface area contributed by atoms with Crippen molar-refractivity contribution in [3.05, 3.63) is 29.8 Å². The van der Waals surface area contributed by atoms with E-state index in [1.807, 2.05) is 24.3 Å². The minimum atomic E-state index is -1.05. The maximum absolute atomic E-state index is 11.5. The van der Waals surface area contributed by atoms with Crippen LogP contribution in [-0.2, 0) is 16.0 Å². The van der Waals surface area contributed by atoms with Crippen LogP contribution in [0.2, 0.25) is 0 Å². The van der Waals surface area contributed by atoms with Gasteiger partial charge in [0, 0.05) is 12.3 Å². The monoisotopic (exact) mass is 312 g/mol. The molecule has 4 N–H and O–H groups in total. The van der Waals surface area contributed by atoms with E-state index in [4.69, 9.17) is 15.6 Å². The zero-order valence-electron chi connectivity index (χ0n) is 11.9. The van der Waals surface area contributed by atoms with Gasteiger partial charge in [0.1, 0.15) is 11.8 Å². The lowest BCUT2D eigenvalue weighted by Crippen LogP contribution is -2.33. The fourth-order valence-corrected chi connectivity index (χ4v) is 2.34. The number of ether oxygens (including phenoxy) is 1. The molecule has 0 heterocycles. The number of benzene rings is 1. The number of hydrogen-bond acceptors (Lipinski definition) is 5. The Labute approximate surface area is 128 Å². The Morgan fingerprint density at radius 1 is 1.38 bits per heavy atom. The maximum atomic E-state index is 11.5. The molecule has 6 nitrogen and oxygen atoms in total. The fourth-order valence-electron chi connectivity index (χ4n) is 1.54. The van der Waals surface area contributed by atoms with Crippen molar-refractivity contribution in [2.45, 2.75) is 12.5 Å². The van der Waals surface area contributed by atoms with Crippen LogP contribution >= 0.6 is 11.8 Å². The molecule has 1 atom stereocenters. The molecule has 21 heavy (non-hydrogen) atoms. The summed E-state index contributed by atoms with van der Waals surface area (Å²) in [6, 6.07) is 6.72. The molecule has 0 saturated heterocycles. The topological polar surface area (TPSA) is 102 Å². The molecule has 1 rings (SSSR count). The predicted molar refractivity (Wildman–Crippen MR) is 82.6 cm³/mol. The van der Waals surface area contributed by atoms with Crippen LogP contribution in [0, 0.1) is 0 Å². The van der Waals surface area contributed by atoms with Gasteiger partial charge in [0.15, 0.2) is 0 Å². The molecule has 0 saturated carbocycles. The quantitative estimate of drug-likeness (QED) is 0.614. The Balaban J connectivity index is 2.16. The van der Waals surface area contributed by atoms with Crippen molar-refractivity contribution in [1.29, 1.82) is 0 Å². The van der Waals surface area contributed by atoms with Crippen LogP contribution in [0.1, 0.15) is 5.56 Å². The van der Waals surface area contributed by atoms with E-state index < -0.39 is 12.0 Å². The van der Waals surface area contributed by atoms with Crippen molar-refractivity contribution in [3.8, 4) is 5.75 Å². The van der Waals surface area contributed by atoms with Crippen LogP contribution in [-0.4, -0.2) is 48.2 Å².